The van der Waals surface area contributed by atoms with Crippen LogP contribution in [0.2, 0.25) is 0 Å². The molecule has 0 unspecified atom stereocenters. The number of benzene rings is 1. The summed E-state index contributed by atoms with van der Waals surface area (Å²) < 4.78 is 1.43. The first kappa shape index (κ1) is 10.6. The summed E-state index contributed by atoms with van der Waals surface area (Å²) in [6.07, 6.45) is 1.48. The van der Waals surface area contributed by atoms with E-state index < -0.39 is 5.60 Å². The van der Waals surface area contributed by atoms with E-state index in [0.29, 0.717) is 11.4 Å². The van der Waals surface area contributed by atoms with Crippen molar-refractivity contribution in [1.82, 2.24) is 15.0 Å². The largest absolute Gasteiger partial charge is 0.506 e. The highest BCUT2D eigenvalue weighted by atomic mass is 16.3. The number of rotatable bonds is 2. The Labute approximate surface area is 93.0 Å². The molecule has 0 saturated carbocycles. The number of phenolic OH excluding ortho intramolecular Hbond substituents is 1. The highest BCUT2D eigenvalue weighted by molar-refractivity contribution is 5.45. The zero-order chi connectivity index (χ0) is 11.8. The number of para-hydroxylation sites is 2. The van der Waals surface area contributed by atoms with Crippen LogP contribution in [0.1, 0.15) is 19.5 Å². The third kappa shape index (κ3) is 1.77. The highest BCUT2D eigenvalue weighted by Gasteiger charge is 2.23. The Hall–Kier alpha value is -1.88. The van der Waals surface area contributed by atoms with Crippen molar-refractivity contribution in [1.29, 1.82) is 0 Å². The van der Waals surface area contributed by atoms with E-state index in [9.17, 15) is 10.2 Å². The second-order valence-electron chi connectivity index (χ2n) is 4.08. The fraction of sp³-hybridized carbons (Fsp3) is 0.273. The summed E-state index contributed by atoms with van der Waals surface area (Å²) in [6, 6.07) is 6.77. The molecule has 1 heterocycles. The van der Waals surface area contributed by atoms with Gasteiger partial charge in [0.1, 0.15) is 17.0 Å². The normalized spacial score (nSPS) is 11.7. The van der Waals surface area contributed by atoms with Gasteiger partial charge in [0.25, 0.3) is 0 Å². The lowest BCUT2D eigenvalue weighted by Crippen LogP contribution is -2.20. The summed E-state index contributed by atoms with van der Waals surface area (Å²) in [5.41, 5.74) is -0.0441. The zero-order valence-corrected chi connectivity index (χ0v) is 9.12. The van der Waals surface area contributed by atoms with Gasteiger partial charge in [0.15, 0.2) is 0 Å². The zero-order valence-electron chi connectivity index (χ0n) is 9.12. The molecule has 0 aliphatic carbocycles. The van der Waals surface area contributed by atoms with Crippen LogP contribution in [-0.4, -0.2) is 25.2 Å². The molecule has 2 N–H and O–H groups in total. The number of nitrogens with zero attached hydrogens (tertiary/aromatic N) is 3. The van der Waals surface area contributed by atoms with Crippen molar-refractivity contribution >= 4 is 0 Å². The average Bonchev–Trinajstić information content (AvgIpc) is 2.66. The molecule has 84 valence electrons. The van der Waals surface area contributed by atoms with Crippen LogP contribution in [0.4, 0.5) is 0 Å². The van der Waals surface area contributed by atoms with Gasteiger partial charge in [-0.15, -0.1) is 5.10 Å². The SMILES string of the molecule is CC(C)(O)c1cnnn1-c1ccccc1O. The van der Waals surface area contributed by atoms with Gasteiger partial charge >= 0.3 is 0 Å². The van der Waals surface area contributed by atoms with Crippen molar-refractivity contribution in [3.05, 3.63) is 36.2 Å². The minimum Gasteiger partial charge on any atom is -0.506 e. The Morgan fingerprint density at radius 1 is 1.25 bits per heavy atom. The monoisotopic (exact) mass is 219 g/mol. The predicted octanol–water partition coefficient (Wildman–Crippen LogP) is 1.20. The molecule has 0 amide bonds. The summed E-state index contributed by atoms with van der Waals surface area (Å²) in [5, 5.41) is 27.2. The number of aromatic hydroxyl groups is 1. The molecule has 0 aliphatic heterocycles. The molecule has 0 spiro atoms. The Morgan fingerprint density at radius 2 is 1.94 bits per heavy atom. The van der Waals surface area contributed by atoms with Crippen molar-refractivity contribution in [2.75, 3.05) is 0 Å². The van der Waals surface area contributed by atoms with Crippen molar-refractivity contribution in [3.8, 4) is 11.4 Å². The Bertz CT molecular complexity index is 500. The maximum atomic E-state index is 9.93. The maximum absolute atomic E-state index is 9.93. The molecule has 16 heavy (non-hydrogen) atoms. The number of aromatic nitrogens is 3. The Kier molecular flexibility index (Phi) is 2.40. The van der Waals surface area contributed by atoms with E-state index in [1.54, 1.807) is 38.1 Å². The molecule has 5 heteroatoms. The van der Waals surface area contributed by atoms with Crippen LogP contribution in [0.5, 0.6) is 5.75 Å². The van der Waals surface area contributed by atoms with Crippen molar-refractivity contribution in [2.45, 2.75) is 19.4 Å². The number of hydrogen-bond donors (Lipinski definition) is 2. The van der Waals surface area contributed by atoms with Crippen molar-refractivity contribution < 1.29 is 10.2 Å². The van der Waals surface area contributed by atoms with E-state index in [1.165, 1.54) is 10.9 Å². The quantitative estimate of drug-likeness (QED) is 0.796. The third-order valence-electron chi connectivity index (χ3n) is 2.29. The lowest BCUT2D eigenvalue weighted by atomic mass is 10.1. The van der Waals surface area contributed by atoms with Crippen molar-refractivity contribution in [2.24, 2.45) is 0 Å². The van der Waals surface area contributed by atoms with Crippen LogP contribution in [0, 0.1) is 0 Å². The summed E-state index contributed by atoms with van der Waals surface area (Å²) in [6.45, 7) is 3.28. The second kappa shape index (κ2) is 3.61. The molecule has 0 bridgehead atoms. The summed E-state index contributed by atoms with van der Waals surface area (Å²) >= 11 is 0. The van der Waals surface area contributed by atoms with E-state index >= 15 is 0 Å². The minimum absolute atomic E-state index is 0.0958. The van der Waals surface area contributed by atoms with Gasteiger partial charge in [-0.05, 0) is 26.0 Å². The lowest BCUT2D eigenvalue weighted by molar-refractivity contribution is 0.0711. The standard InChI is InChI=1S/C11H13N3O2/c1-11(2,16)10-7-12-13-14(10)8-5-3-4-6-9(8)15/h3-7,15-16H,1-2H3. The van der Waals surface area contributed by atoms with Gasteiger partial charge in [0, 0.05) is 0 Å². The average molecular weight is 219 g/mol. The molecule has 2 rings (SSSR count). The molecule has 1 aromatic carbocycles. The summed E-state index contributed by atoms with van der Waals surface area (Å²) in [4.78, 5) is 0. The summed E-state index contributed by atoms with van der Waals surface area (Å²) in [5.74, 6) is 0.0958. The highest BCUT2D eigenvalue weighted by Crippen LogP contribution is 2.25. The van der Waals surface area contributed by atoms with Gasteiger partial charge in [-0.2, -0.15) is 0 Å². The van der Waals surface area contributed by atoms with Crippen LogP contribution in [0.25, 0.3) is 5.69 Å². The van der Waals surface area contributed by atoms with Crippen molar-refractivity contribution in [3.63, 3.8) is 0 Å². The predicted molar refractivity (Wildman–Crippen MR) is 58.3 cm³/mol. The van der Waals surface area contributed by atoms with Crippen LogP contribution >= 0.6 is 0 Å². The molecule has 5 nitrogen and oxygen atoms in total. The van der Waals surface area contributed by atoms with E-state index in [1.807, 2.05) is 0 Å². The van der Waals surface area contributed by atoms with Gasteiger partial charge in [-0.3, -0.25) is 0 Å². The molecule has 2 aromatic rings. The number of phenols is 1. The molecule has 0 fully saturated rings. The van der Waals surface area contributed by atoms with Gasteiger partial charge in [-0.1, -0.05) is 17.3 Å². The first-order valence-electron chi connectivity index (χ1n) is 4.92. The number of aliphatic hydroxyl groups is 1. The molecular formula is C11H13N3O2. The fourth-order valence-corrected chi connectivity index (χ4v) is 1.47. The lowest BCUT2D eigenvalue weighted by Gasteiger charge is -2.18. The van der Waals surface area contributed by atoms with Gasteiger partial charge in [0.2, 0.25) is 0 Å². The van der Waals surface area contributed by atoms with Gasteiger partial charge in [-0.25, -0.2) is 4.68 Å². The topological polar surface area (TPSA) is 71.2 Å². The smallest absolute Gasteiger partial charge is 0.141 e. The van der Waals surface area contributed by atoms with Gasteiger partial charge in [0.05, 0.1) is 11.9 Å². The van der Waals surface area contributed by atoms with Crippen LogP contribution in [-0.2, 0) is 5.60 Å². The fourth-order valence-electron chi connectivity index (χ4n) is 1.47. The molecule has 0 atom stereocenters. The number of hydrogen-bond acceptors (Lipinski definition) is 4. The third-order valence-corrected chi connectivity index (χ3v) is 2.29. The van der Waals surface area contributed by atoms with E-state index in [-0.39, 0.29) is 5.75 Å². The first-order chi connectivity index (χ1) is 7.50. The van der Waals surface area contributed by atoms with Crippen LogP contribution in [0.15, 0.2) is 30.5 Å². The second-order valence-corrected chi connectivity index (χ2v) is 4.08. The van der Waals surface area contributed by atoms with E-state index in [0.717, 1.165) is 0 Å². The molecular weight excluding hydrogens is 206 g/mol. The summed E-state index contributed by atoms with van der Waals surface area (Å²) in [7, 11) is 0. The molecule has 0 saturated heterocycles. The van der Waals surface area contributed by atoms with E-state index in [4.69, 9.17) is 0 Å². The van der Waals surface area contributed by atoms with Gasteiger partial charge < -0.3 is 10.2 Å². The first-order valence-corrected chi connectivity index (χ1v) is 4.92. The van der Waals surface area contributed by atoms with Crippen LogP contribution < -0.4 is 0 Å². The Balaban J connectivity index is 2.58. The van der Waals surface area contributed by atoms with E-state index in [2.05, 4.69) is 10.3 Å². The molecule has 0 aliphatic rings. The maximum Gasteiger partial charge on any atom is 0.141 e. The van der Waals surface area contributed by atoms with Crippen LogP contribution in [0.3, 0.4) is 0 Å². The minimum atomic E-state index is -1.06. The molecule has 1 aromatic heterocycles. The Morgan fingerprint density at radius 3 is 2.56 bits per heavy atom. The molecule has 0 radical (unpaired) electrons.